The zero-order valence-electron chi connectivity index (χ0n) is 14.9. The lowest BCUT2D eigenvalue weighted by Crippen LogP contribution is -2.31. The fourth-order valence-corrected chi connectivity index (χ4v) is 3.87. The molecule has 8 heteroatoms. The number of benzene rings is 2. The molecule has 2 aromatic carbocycles. The molecule has 0 atom stereocenters. The topological polar surface area (TPSA) is 66.5 Å². The van der Waals surface area contributed by atoms with Crippen molar-refractivity contribution in [3.63, 3.8) is 0 Å². The zero-order valence-corrected chi connectivity index (χ0v) is 17.3. The first-order chi connectivity index (χ1) is 12.0. The van der Waals surface area contributed by atoms with E-state index in [1.807, 2.05) is 6.92 Å². The van der Waals surface area contributed by atoms with Gasteiger partial charge in [0.15, 0.2) is 0 Å². The number of rotatable bonds is 5. The quantitative estimate of drug-likeness (QED) is 0.764. The van der Waals surface area contributed by atoms with Crippen LogP contribution < -0.4 is 9.62 Å². The summed E-state index contributed by atoms with van der Waals surface area (Å²) in [7, 11) is -2.32. The first-order valence-electron chi connectivity index (χ1n) is 7.89. The Morgan fingerprint density at radius 2 is 1.85 bits per heavy atom. The molecule has 0 radical (unpaired) electrons. The number of nitrogens with zero attached hydrogens (tertiary/aromatic N) is 1. The first-order valence-corrected chi connectivity index (χ1v) is 10.2. The van der Waals surface area contributed by atoms with Crippen LogP contribution in [0.2, 0.25) is 0 Å². The largest absolute Gasteiger partial charge is 0.311 e. The fraction of sp³-hybridized carbons (Fsp3) is 0.278. The van der Waals surface area contributed by atoms with Gasteiger partial charge in [0.1, 0.15) is 5.82 Å². The molecule has 26 heavy (non-hydrogen) atoms. The van der Waals surface area contributed by atoms with Gasteiger partial charge in [-0.25, -0.2) is 17.5 Å². The van der Waals surface area contributed by atoms with Crippen LogP contribution in [-0.2, 0) is 10.0 Å². The molecule has 1 N–H and O–H groups in total. The number of hydrogen-bond acceptors (Lipinski definition) is 3. The van der Waals surface area contributed by atoms with Crippen molar-refractivity contribution in [2.24, 2.45) is 0 Å². The van der Waals surface area contributed by atoms with E-state index in [9.17, 15) is 17.6 Å². The molecule has 0 aliphatic heterocycles. The fourth-order valence-electron chi connectivity index (χ4n) is 2.35. The summed E-state index contributed by atoms with van der Waals surface area (Å²) in [5, 5.41) is 0. The molecule has 5 nitrogen and oxygen atoms in total. The van der Waals surface area contributed by atoms with E-state index in [1.165, 1.54) is 11.9 Å². The second-order valence-corrected chi connectivity index (χ2v) is 8.78. The summed E-state index contributed by atoms with van der Waals surface area (Å²) >= 11 is 3.39. The van der Waals surface area contributed by atoms with Crippen LogP contribution in [0.4, 0.5) is 10.1 Å². The normalized spacial score (nSPS) is 11.7. The monoisotopic (exact) mass is 442 g/mol. The molecular weight excluding hydrogens is 423 g/mol. The third kappa shape index (κ3) is 4.49. The van der Waals surface area contributed by atoms with Crippen molar-refractivity contribution in [1.29, 1.82) is 0 Å². The van der Waals surface area contributed by atoms with Crippen molar-refractivity contribution in [3.05, 3.63) is 57.8 Å². The van der Waals surface area contributed by atoms with Crippen LogP contribution in [-0.4, -0.2) is 27.4 Å². The second kappa shape index (κ2) is 7.85. The van der Waals surface area contributed by atoms with Gasteiger partial charge in [0.05, 0.1) is 10.5 Å². The van der Waals surface area contributed by atoms with Crippen LogP contribution in [0, 0.1) is 12.7 Å². The number of anilines is 1. The van der Waals surface area contributed by atoms with E-state index in [0.717, 1.165) is 28.2 Å². The number of amides is 1. The number of hydrogen-bond donors (Lipinski definition) is 1. The van der Waals surface area contributed by atoms with Crippen LogP contribution in [0.5, 0.6) is 0 Å². The Morgan fingerprint density at radius 1 is 1.19 bits per heavy atom. The van der Waals surface area contributed by atoms with E-state index < -0.39 is 21.7 Å². The maximum absolute atomic E-state index is 14.2. The Bertz CT molecular complexity index is 945. The van der Waals surface area contributed by atoms with Crippen molar-refractivity contribution < 1.29 is 17.6 Å². The van der Waals surface area contributed by atoms with Crippen molar-refractivity contribution in [2.75, 3.05) is 11.9 Å². The molecule has 0 bridgehead atoms. The summed E-state index contributed by atoms with van der Waals surface area (Å²) in [6, 6.07) is 8.15. The highest BCUT2D eigenvalue weighted by molar-refractivity contribution is 9.10. The lowest BCUT2D eigenvalue weighted by atomic mass is 10.1. The number of aryl methyl sites for hydroxylation is 1. The molecule has 0 saturated carbocycles. The summed E-state index contributed by atoms with van der Waals surface area (Å²) < 4.78 is 42.1. The van der Waals surface area contributed by atoms with Gasteiger partial charge >= 0.3 is 0 Å². The molecule has 0 fully saturated rings. The summed E-state index contributed by atoms with van der Waals surface area (Å²) in [6.45, 7) is 5.23. The van der Waals surface area contributed by atoms with Gasteiger partial charge < -0.3 is 4.90 Å². The predicted molar refractivity (Wildman–Crippen MR) is 103 cm³/mol. The average molecular weight is 443 g/mol. The highest BCUT2D eigenvalue weighted by Crippen LogP contribution is 2.24. The van der Waals surface area contributed by atoms with E-state index in [0.29, 0.717) is 5.69 Å². The summed E-state index contributed by atoms with van der Waals surface area (Å²) in [6.07, 6.45) is 0. The molecule has 140 valence electrons. The van der Waals surface area contributed by atoms with Crippen molar-refractivity contribution in [1.82, 2.24) is 4.72 Å². The van der Waals surface area contributed by atoms with Crippen LogP contribution in [0.3, 0.4) is 0 Å². The summed E-state index contributed by atoms with van der Waals surface area (Å²) in [4.78, 5) is 13.8. The van der Waals surface area contributed by atoms with E-state index in [4.69, 9.17) is 0 Å². The predicted octanol–water partition coefficient (Wildman–Crippen LogP) is 3.86. The Balaban J connectivity index is 2.42. The van der Waals surface area contributed by atoms with Gasteiger partial charge in [-0.3, -0.25) is 4.79 Å². The average Bonchev–Trinajstić information content (AvgIpc) is 2.55. The number of carbonyl (C=O) groups is 1. The van der Waals surface area contributed by atoms with Crippen molar-refractivity contribution >= 4 is 37.5 Å². The molecule has 0 aliphatic carbocycles. The zero-order chi connectivity index (χ0) is 19.6. The number of sulfonamides is 1. The third-order valence-corrected chi connectivity index (χ3v) is 6.25. The van der Waals surface area contributed by atoms with E-state index >= 15 is 0 Å². The molecule has 0 aromatic heterocycles. The van der Waals surface area contributed by atoms with Crippen molar-refractivity contribution in [3.8, 4) is 0 Å². The van der Waals surface area contributed by atoms with Crippen molar-refractivity contribution in [2.45, 2.75) is 31.7 Å². The van der Waals surface area contributed by atoms with Gasteiger partial charge in [0.25, 0.3) is 5.91 Å². The molecule has 0 unspecified atom stereocenters. The molecule has 1 amide bonds. The molecule has 2 rings (SSSR count). The van der Waals surface area contributed by atoms with E-state index in [2.05, 4.69) is 20.7 Å². The summed E-state index contributed by atoms with van der Waals surface area (Å²) in [5.41, 5.74) is 1.18. The minimum absolute atomic E-state index is 0.156. The number of nitrogens with one attached hydrogen (secondary N) is 1. The van der Waals surface area contributed by atoms with Gasteiger partial charge in [0.2, 0.25) is 10.0 Å². The minimum atomic E-state index is -3.83. The molecule has 0 aliphatic rings. The van der Waals surface area contributed by atoms with Gasteiger partial charge in [-0.05, 0) is 62.7 Å². The smallest absolute Gasteiger partial charge is 0.261 e. The van der Waals surface area contributed by atoms with Gasteiger partial charge in [-0.2, -0.15) is 0 Å². The molecular formula is C18H20BrFN2O3S. The molecule has 2 aromatic rings. The van der Waals surface area contributed by atoms with E-state index in [1.54, 1.807) is 32.0 Å². The Labute approximate surface area is 161 Å². The highest BCUT2D eigenvalue weighted by Gasteiger charge is 2.23. The lowest BCUT2D eigenvalue weighted by molar-refractivity contribution is 0.0989. The molecule has 0 spiro atoms. The number of carbonyl (C=O) groups excluding carboxylic acids is 1. The van der Waals surface area contributed by atoms with Crippen LogP contribution in [0.15, 0.2) is 45.8 Å². The third-order valence-electron chi connectivity index (χ3n) is 3.70. The minimum Gasteiger partial charge on any atom is -0.311 e. The standard InChI is InChI=1S/C18H20BrFN2O3S/c1-11(2)21-26(24,25)14-6-8-17(20)15(10-14)18(23)22(4)13-5-7-16(19)12(3)9-13/h5-11,21H,1-4H3. The van der Waals surface area contributed by atoms with Gasteiger partial charge in [-0.1, -0.05) is 15.9 Å². The van der Waals surface area contributed by atoms with Crippen LogP contribution in [0.1, 0.15) is 29.8 Å². The van der Waals surface area contributed by atoms with Gasteiger partial charge in [-0.15, -0.1) is 0 Å². The lowest BCUT2D eigenvalue weighted by Gasteiger charge is -2.19. The van der Waals surface area contributed by atoms with Crippen LogP contribution in [0.25, 0.3) is 0 Å². The SMILES string of the molecule is Cc1cc(N(C)C(=O)c2cc(S(=O)(=O)NC(C)C)ccc2F)ccc1Br. The summed E-state index contributed by atoms with van der Waals surface area (Å²) in [5.74, 6) is -1.41. The molecule has 0 saturated heterocycles. The van der Waals surface area contributed by atoms with E-state index in [-0.39, 0.29) is 16.5 Å². The van der Waals surface area contributed by atoms with Gasteiger partial charge in [0, 0.05) is 23.2 Å². The first kappa shape index (κ1) is 20.5. The number of halogens is 2. The maximum atomic E-state index is 14.2. The Morgan fingerprint density at radius 3 is 2.42 bits per heavy atom. The highest BCUT2D eigenvalue weighted by atomic mass is 79.9. The maximum Gasteiger partial charge on any atom is 0.261 e. The van der Waals surface area contributed by atoms with Crippen LogP contribution >= 0.6 is 15.9 Å². The Kier molecular flexibility index (Phi) is 6.21. The molecule has 0 heterocycles. The second-order valence-electron chi connectivity index (χ2n) is 6.22. The Hall–Kier alpha value is -1.77.